The molecule has 1 aliphatic rings. The molecule has 0 amide bonds. The Bertz CT molecular complexity index is 408. The molecule has 1 fully saturated rings. The molecule has 0 aromatic heterocycles. The van der Waals surface area contributed by atoms with Crippen molar-refractivity contribution in [3.63, 3.8) is 0 Å². The maximum atomic E-state index is 13.4. The zero-order chi connectivity index (χ0) is 11.0. The fourth-order valence-corrected chi connectivity index (χ4v) is 1.82. The number of nitro benzene ring substituents is 1. The van der Waals surface area contributed by atoms with Crippen LogP contribution in [0.5, 0.6) is 0 Å². The summed E-state index contributed by atoms with van der Waals surface area (Å²) in [6.45, 7) is 0.507. The van der Waals surface area contributed by atoms with Gasteiger partial charge in [0.05, 0.1) is 4.92 Å². The summed E-state index contributed by atoms with van der Waals surface area (Å²) in [5.74, 6) is -0.0297. The van der Waals surface area contributed by atoms with Gasteiger partial charge in [-0.05, 0) is 36.4 Å². The van der Waals surface area contributed by atoms with Crippen LogP contribution in [0.25, 0.3) is 0 Å². The Morgan fingerprint density at radius 2 is 2.33 bits per heavy atom. The molecule has 1 aromatic rings. The van der Waals surface area contributed by atoms with Crippen molar-refractivity contribution in [1.29, 1.82) is 0 Å². The molecule has 0 heterocycles. The lowest BCUT2D eigenvalue weighted by Gasteiger charge is -2.01. The lowest BCUT2D eigenvalue weighted by Crippen LogP contribution is -2.03. The van der Waals surface area contributed by atoms with Gasteiger partial charge in [-0.3, -0.25) is 10.1 Å². The van der Waals surface area contributed by atoms with E-state index >= 15 is 0 Å². The molecule has 0 spiro atoms. The molecule has 2 rings (SSSR count). The van der Waals surface area contributed by atoms with Gasteiger partial charge in [-0.25, -0.2) is 4.39 Å². The zero-order valence-corrected chi connectivity index (χ0v) is 8.02. The fourth-order valence-electron chi connectivity index (χ4n) is 1.82. The first-order valence-electron chi connectivity index (χ1n) is 4.77. The minimum absolute atomic E-state index is 0.0610. The summed E-state index contributed by atoms with van der Waals surface area (Å²) < 4.78 is 13.4. The maximum absolute atomic E-state index is 13.4. The van der Waals surface area contributed by atoms with Gasteiger partial charge in [0.2, 0.25) is 0 Å². The number of nitro groups is 1. The van der Waals surface area contributed by atoms with Crippen molar-refractivity contribution >= 4 is 5.69 Å². The van der Waals surface area contributed by atoms with Gasteiger partial charge in [-0.2, -0.15) is 0 Å². The molecule has 0 bridgehead atoms. The highest BCUT2D eigenvalue weighted by atomic mass is 19.1. The largest absolute Gasteiger partial charge is 0.330 e. The first-order valence-corrected chi connectivity index (χ1v) is 4.77. The second-order valence-electron chi connectivity index (χ2n) is 3.80. The van der Waals surface area contributed by atoms with E-state index in [0.29, 0.717) is 12.1 Å². The van der Waals surface area contributed by atoms with Crippen LogP contribution in [0.4, 0.5) is 10.1 Å². The van der Waals surface area contributed by atoms with E-state index in [1.54, 1.807) is 0 Å². The lowest BCUT2D eigenvalue weighted by atomic mass is 10.1. The Kier molecular flexibility index (Phi) is 2.40. The number of nitrogens with zero attached hydrogens (tertiary/aromatic N) is 1. The minimum atomic E-state index is -0.511. The first-order chi connectivity index (χ1) is 7.13. The molecule has 0 radical (unpaired) electrons. The van der Waals surface area contributed by atoms with Crippen molar-refractivity contribution in [1.82, 2.24) is 0 Å². The van der Waals surface area contributed by atoms with E-state index in [-0.39, 0.29) is 23.3 Å². The summed E-state index contributed by atoms with van der Waals surface area (Å²) in [4.78, 5) is 10.0. The third kappa shape index (κ3) is 1.83. The van der Waals surface area contributed by atoms with Crippen LogP contribution in [-0.4, -0.2) is 11.5 Å². The van der Waals surface area contributed by atoms with E-state index in [1.165, 1.54) is 12.1 Å². The van der Waals surface area contributed by atoms with Crippen molar-refractivity contribution in [3.8, 4) is 0 Å². The lowest BCUT2D eigenvalue weighted by molar-refractivity contribution is -0.385. The molecule has 0 saturated heterocycles. The van der Waals surface area contributed by atoms with Crippen LogP contribution in [0.2, 0.25) is 0 Å². The van der Waals surface area contributed by atoms with Crippen LogP contribution >= 0.6 is 0 Å². The Labute approximate surface area is 86.0 Å². The average Bonchev–Trinajstić information content (AvgIpc) is 2.97. The highest BCUT2D eigenvalue weighted by molar-refractivity contribution is 5.39. The van der Waals surface area contributed by atoms with Crippen molar-refractivity contribution in [3.05, 3.63) is 39.7 Å². The number of non-ortho nitro benzene ring substituents is 1. The second-order valence-corrected chi connectivity index (χ2v) is 3.80. The van der Waals surface area contributed by atoms with E-state index < -0.39 is 4.92 Å². The van der Waals surface area contributed by atoms with E-state index in [0.717, 1.165) is 12.5 Å². The molecule has 5 heteroatoms. The quantitative estimate of drug-likeness (QED) is 0.610. The second kappa shape index (κ2) is 3.58. The van der Waals surface area contributed by atoms with Crippen LogP contribution in [-0.2, 0) is 0 Å². The maximum Gasteiger partial charge on any atom is 0.269 e. The van der Waals surface area contributed by atoms with Gasteiger partial charge < -0.3 is 5.73 Å². The van der Waals surface area contributed by atoms with E-state index in [9.17, 15) is 14.5 Å². The van der Waals surface area contributed by atoms with Crippen LogP contribution in [0.1, 0.15) is 17.9 Å². The van der Waals surface area contributed by atoms with Crippen LogP contribution in [0.15, 0.2) is 18.2 Å². The molecular weight excluding hydrogens is 199 g/mol. The molecule has 2 N–H and O–H groups in total. The summed E-state index contributed by atoms with van der Waals surface area (Å²) >= 11 is 0. The van der Waals surface area contributed by atoms with Crippen molar-refractivity contribution in [2.45, 2.75) is 12.3 Å². The number of benzene rings is 1. The average molecular weight is 210 g/mol. The summed E-state index contributed by atoms with van der Waals surface area (Å²) in [7, 11) is 0. The summed E-state index contributed by atoms with van der Waals surface area (Å²) in [5.41, 5.74) is 5.82. The third-order valence-corrected chi connectivity index (χ3v) is 2.82. The molecule has 4 nitrogen and oxygen atoms in total. The highest BCUT2D eigenvalue weighted by Crippen LogP contribution is 2.48. The molecule has 0 aliphatic heterocycles. The van der Waals surface area contributed by atoms with E-state index in [1.807, 2.05) is 0 Å². The first kappa shape index (κ1) is 10.0. The Balaban J connectivity index is 2.30. The summed E-state index contributed by atoms with van der Waals surface area (Å²) in [6, 6.07) is 3.65. The monoisotopic (exact) mass is 210 g/mol. The fraction of sp³-hybridized carbons (Fsp3) is 0.400. The third-order valence-electron chi connectivity index (χ3n) is 2.82. The van der Waals surface area contributed by atoms with Crippen LogP contribution in [0, 0.1) is 21.8 Å². The van der Waals surface area contributed by atoms with Crippen molar-refractivity contribution in [2.75, 3.05) is 6.54 Å². The highest BCUT2D eigenvalue weighted by Gasteiger charge is 2.39. The van der Waals surface area contributed by atoms with Gasteiger partial charge in [0.15, 0.2) is 0 Å². The molecule has 15 heavy (non-hydrogen) atoms. The molecule has 2 atom stereocenters. The van der Waals surface area contributed by atoms with Crippen molar-refractivity contribution in [2.24, 2.45) is 11.7 Å². The number of rotatable bonds is 3. The molecule has 0 unspecified atom stereocenters. The Hall–Kier alpha value is -1.49. The van der Waals surface area contributed by atoms with E-state index in [4.69, 9.17) is 5.73 Å². The number of hydrogen-bond donors (Lipinski definition) is 1. The van der Waals surface area contributed by atoms with Crippen molar-refractivity contribution < 1.29 is 9.31 Å². The smallest absolute Gasteiger partial charge is 0.269 e. The molecule has 1 saturated carbocycles. The van der Waals surface area contributed by atoms with Crippen LogP contribution < -0.4 is 5.73 Å². The van der Waals surface area contributed by atoms with Gasteiger partial charge in [0, 0.05) is 12.1 Å². The minimum Gasteiger partial charge on any atom is -0.330 e. The predicted octanol–water partition coefficient (Wildman–Crippen LogP) is 1.80. The van der Waals surface area contributed by atoms with Gasteiger partial charge in [-0.1, -0.05) is 0 Å². The molecule has 1 aliphatic carbocycles. The summed E-state index contributed by atoms with van der Waals surface area (Å²) in [5, 5.41) is 10.5. The predicted molar refractivity (Wildman–Crippen MR) is 53.0 cm³/mol. The van der Waals surface area contributed by atoms with E-state index in [2.05, 4.69) is 0 Å². The SMILES string of the molecule is NC[C@@H]1C[C@H]1c1cc([N+](=O)[O-])ccc1F. The molecular formula is C10H11FN2O2. The standard InChI is InChI=1S/C10H11FN2O2/c11-10-2-1-7(13(14)15)4-9(10)8-3-6(8)5-12/h1-2,4,6,8H,3,5,12H2/t6-,8+/m0/s1. The van der Waals surface area contributed by atoms with Crippen LogP contribution in [0.3, 0.4) is 0 Å². The number of nitrogens with two attached hydrogens (primary N) is 1. The normalized spacial score (nSPS) is 23.9. The van der Waals surface area contributed by atoms with Gasteiger partial charge in [-0.15, -0.1) is 0 Å². The Morgan fingerprint density at radius 1 is 1.60 bits per heavy atom. The topological polar surface area (TPSA) is 69.2 Å². The number of hydrogen-bond acceptors (Lipinski definition) is 3. The van der Waals surface area contributed by atoms with Gasteiger partial charge in [0.25, 0.3) is 5.69 Å². The molecule has 80 valence electrons. The van der Waals surface area contributed by atoms with Gasteiger partial charge >= 0.3 is 0 Å². The molecule has 1 aromatic carbocycles. The van der Waals surface area contributed by atoms with Gasteiger partial charge in [0.1, 0.15) is 5.82 Å². The zero-order valence-electron chi connectivity index (χ0n) is 8.02. The Morgan fingerprint density at radius 3 is 2.87 bits per heavy atom. The summed E-state index contributed by atoms with van der Waals surface area (Å²) in [6.07, 6.45) is 0.828. The number of halogens is 1.